The lowest BCUT2D eigenvalue weighted by Gasteiger charge is -2.23. The molecule has 162 valence electrons. The molecule has 1 heterocycles. The molecule has 2 saturated carbocycles. The van der Waals surface area contributed by atoms with Gasteiger partial charge >= 0.3 is 0 Å². The standard InChI is InChI=1S/C30H38N/c1-21-17-27(25-11-5-4-6-12-25)20-29(22(21)2)30-28-14-13-24(18-23-9-7-8-10-23)19-26(28)15-16-31(30)3/h13-17,19-20,23,25H,4-12,18H2,1-3H3/q+1. The van der Waals surface area contributed by atoms with E-state index in [1.165, 1.54) is 103 Å². The Hall–Kier alpha value is -2.15. The van der Waals surface area contributed by atoms with E-state index >= 15 is 0 Å². The Balaban J connectivity index is 1.58. The molecule has 31 heavy (non-hydrogen) atoms. The van der Waals surface area contributed by atoms with E-state index in [1.807, 2.05) is 0 Å². The molecule has 0 N–H and O–H groups in total. The number of aryl methyl sites for hydroxylation is 2. The Bertz CT molecular complexity index is 1080. The number of nitrogens with zero attached hydrogens (tertiary/aromatic N) is 1. The van der Waals surface area contributed by atoms with Crippen LogP contribution in [0.2, 0.25) is 0 Å². The zero-order valence-electron chi connectivity index (χ0n) is 19.7. The molecule has 2 aromatic carbocycles. The van der Waals surface area contributed by atoms with Gasteiger partial charge in [0.15, 0.2) is 6.20 Å². The molecular formula is C30H38N+. The average Bonchev–Trinajstić information content (AvgIpc) is 3.30. The van der Waals surface area contributed by atoms with Crippen molar-refractivity contribution in [3.63, 3.8) is 0 Å². The third-order valence-corrected chi connectivity index (χ3v) is 8.22. The van der Waals surface area contributed by atoms with Crippen LogP contribution in [0, 0.1) is 19.8 Å². The third-order valence-electron chi connectivity index (χ3n) is 8.22. The first-order chi connectivity index (χ1) is 15.1. The molecule has 0 spiro atoms. The maximum atomic E-state index is 2.53. The summed E-state index contributed by atoms with van der Waals surface area (Å²) in [4.78, 5) is 0. The van der Waals surface area contributed by atoms with E-state index in [0.717, 1.165) is 11.8 Å². The Labute approximate surface area is 188 Å². The van der Waals surface area contributed by atoms with E-state index in [-0.39, 0.29) is 0 Å². The maximum Gasteiger partial charge on any atom is 0.220 e. The summed E-state index contributed by atoms with van der Waals surface area (Å²) in [6, 6.07) is 14.6. The van der Waals surface area contributed by atoms with E-state index in [1.54, 1.807) is 5.56 Å². The fourth-order valence-corrected chi connectivity index (χ4v) is 6.24. The second-order valence-electron chi connectivity index (χ2n) is 10.4. The van der Waals surface area contributed by atoms with Gasteiger partial charge in [-0.25, -0.2) is 4.57 Å². The predicted molar refractivity (Wildman–Crippen MR) is 132 cm³/mol. The van der Waals surface area contributed by atoms with Crippen molar-refractivity contribution in [1.82, 2.24) is 0 Å². The van der Waals surface area contributed by atoms with Gasteiger partial charge in [-0.05, 0) is 84.7 Å². The van der Waals surface area contributed by atoms with Gasteiger partial charge in [-0.1, -0.05) is 63.1 Å². The van der Waals surface area contributed by atoms with Crippen molar-refractivity contribution in [1.29, 1.82) is 0 Å². The van der Waals surface area contributed by atoms with Crippen molar-refractivity contribution in [3.8, 4) is 11.3 Å². The number of aromatic nitrogens is 1. The predicted octanol–water partition coefficient (Wildman–Crippen LogP) is 7.73. The van der Waals surface area contributed by atoms with Crippen LogP contribution in [0.1, 0.15) is 86.0 Å². The summed E-state index contributed by atoms with van der Waals surface area (Å²) < 4.78 is 2.34. The molecule has 0 amide bonds. The zero-order chi connectivity index (χ0) is 21.4. The minimum absolute atomic E-state index is 0.741. The number of fused-ring (bicyclic) bond motifs is 1. The van der Waals surface area contributed by atoms with Crippen LogP contribution in [0.25, 0.3) is 22.0 Å². The highest BCUT2D eigenvalue weighted by Crippen LogP contribution is 2.38. The topological polar surface area (TPSA) is 3.88 Å². The van der Waals surface area contributed by atoms with Crippen LogP contribution < -0.4 is 4.57 Å². The van der Waals surface area contributed by atoms with Crippen molar-refractivity contribution >= 4 is 10.8 Å². The summed E-state index contributed by atoms with van der Waals surface area (Å²) in [6.45, 7) is 4.61. The molecule has 3 aromatic rings. The fraction of sp³-hybridized carbons (Fsp3) is 0.500. The highest BCUT2D eigenvalue weighted by Gasteiger charge is 2.23. The zero-order valence-corrected chi connectivity index (χ0v) is 19.7. The summed E-state index contributed by atoms with van der Waals surface area (Å²) in [5, 5.41) is 2.78. The molecule has 2 fully saturated rings. The minimum atomic E-state index is 0.741. The normalized spacial score (nSPS) is 18.2. The van der Waals surface area contributed by atoms with E-state index in [9.17, 15) is 0 Å². The first-order valence-electron chi connectivity index (χ1n) is 12.6. The number of rotatable bonds is 4. The summed E-state index contributed by atoms with van der Waals surface area (Å²) in [5.41, 5.74) is 8.75. The first-order valence-corrected chi connectivity index (χ1v) is 12.6. The molecule has 0 radical (unpaired) electrons. The van der Waals surface area contributed by atoms with Crippen LogP contribution in [0.5, 0.6) is 0 Å². The van der Waals surface area contributed by atoms with Crippen molar-refractivity contribution in [2.75, 3.05) is 0 Å². The second-order valence-corrected chi connectivity index (χ2v) is 10.4. The molecule has 2 aliphatic carbocycles. The van der Waals surface area contributed by atoms with Gasteiger partial charge in [0.2, 0.25) is 5.69 Å². The van der Waals surface area contributed by atoms with Crippen molar-refractivity contribution in [3.05, 3.63) is 64.8 Å². The van der Waals surface area contributed by atoms with Gasteiger partial charge in [0.25, 0.3) is 0 Å². The molecular weight excluding hydrogens is 374 g/mol. The van der Waals surface area contributed by atoms with Gasteiger partial charge in [-0.15, -0.1) is 0 Å². The van der Waals surface area contributed by atoms with Gasteiger partial charge in [0.1, 0.15) is 7.05 Å². The van der Waals surface area contributed by atoms with Crippen molar-refractivity contribution < 1.29 is 4.57 Å². The van der Waals surface area contributed by atoms with Crippen LogP contribution >= 0.6 is 0 Å². The molecule has 1 heteroatoms. The molecule has 5 rings (SSSR count). The van der Waals surface area contributed by atoms with Crippen LogP contribution in [-0.4, -0.2) is 0 Å². The molecule has 1 nitrogen and oxygen atoms in total. The monoisotopic (exact) mass is 412 g/mol. The third kappa shape index (κ3) is 4.16. The first kappa shape index (κ1) is 20.7. The quantitative estimate of drug-likeness (QED) is 0.386. The van der Waals surface area contributed by atoms with Gasteiger partial charge in [-0.2, -0.15) is 0 Å². The van der Waals surface area contributed by atoms with Crippen LogP contribution in [0.15, 0.2) is 42.6 Å². The summed E-state index contributed by atoms with van der Waals surface area (Å²) in [7, 11) is 2.21. The highest BCUT2D eigenvalue weighted by atomic mass is 14.9. The Kier molecular flexibility index (Phi) is 5.87. The van der Waals surface area contributed by atoms with E-state index in [2.05, 4.69) is 68.1 Å². The lowest BCUT2D eigenvalue weighted by Crippen LogP contribution is -2.31. The van der Waals surface area contributed by atoms with Crippen LogP contribution in [0.3, 0.4) is 0 Å². The minimum Gasteiger partial charge on any atom is -0.200 e. The summed E-state index contributed by atoms with van der Waals surface area (Å²) in [6.07, 6.45) is 16.1. The van der Waals surface area contributed by atoms with Gasteiger partial charge in [0.05, 0.1) is 10.9 Å². The van der Waals surface area contributed by atoms with Crippen LogP contribution in [0.4, 0.5) is 0 Å². The van der Waals surface area contributed by atoms with E-state index < -0.39 is 0 Å². The van der Waals surface area contributed by atoms with E-state index in [0.29, 0.717) is 0 Å². The smallest absolute Gasteiger partial charge is 0.200 e. The molecule has 0 bridgehead atoms. The SMILES string of the molecule is Cc1cc(C2CCCCC2)cc(-c2c3ccc(CC4CCCC4)cc3cc[n+]2C)c1C. The lowest BCUT2D eigenvalue weighted by atomic mass is 9.81. The molecule has 0 unspecified atom stereocenters. The lowest BCUT2D eigenvalue weighted by molar-refractivity contribution is -0.659. The largest absolute Gasteiger partial charge is 0.220 e. The highest BCUT2D eigenvalue weighted by molar-refractivity contribution is 5.94. The maximum absolute atomic E-state index is 2.53. The van der Waals surface area contributed by atoms with Crippen molar-refractivity contribution in [2.24, 2.45) is 13.0 Å². The number of benzene rings is 2. The summed E-state index contributed by atoms with van der Waals surface area (Å²) >= 11 is 0. The fourth-order valence-electron chi connectivity index (χ4n) is 6.24. The molecule has 1 aromatic heterocycles. The summed E-state index contributed by atoms with van der Waals surface area (Å²) in [5.74, 6) is 1.64. The van der Waals surface area contributed by atoms with Gasteiger partial charge in [0, 0.05) is 6.07 Å². The molecule has 0 atom stereocenters. The van der Waals surface area contributed by atoms with E-state index in [4.69, 9.17) is 0 Å². The molecule has 2 aliphatic rings. The second kappa shape index (κ2) is 8.77. The van der Waals surface area contributed by atoms with Gasteiger partial charge < -0.3 is 0 Å². The Morgan fingerprint density at radius 2 is 1.58 bits per heavy atom. The van der Waals surface area contributed by atoms with Crippen molar-refractivity contribution in [2.45, 2.75) is 84.0 Å². The average molecular weight is 413 g/mol. The number of hydrogen-bond acceptors (Lipinski definition) is 0. The number of pyridine rings is 1. The Morgan fingerprint density at radius 1 is 0.839 bits per heavy atom. The Morgan fingerprint density at radius 3 is 2.35 bits per heavy atom. The molecule has 0 saturated heterocycles. The number of hydrogen-bond donors (Lipinski definition) is 0. The van der Waals surface area contributed by atoms with Gasteiger partial charge in [-0.3, -0.25) is 0 Å². The van der Waals surface area contributed by atoms with Crippen LogP contribution in [-0.2, 0) is 13.5 Å². The molecule has 0 aliphatic heterocycles.